The largest absolute Gasteiger partial charge is 0.399 e. The number of aryl methyl sites for hydroxylation is 2. The Hall–Kier alpha value is -2.01. The second-order valence-corrected chi connectivity index (χ2v) is 6.59. The molecule has 0 saturated heterocycles. The Kier molecular flexibility index (Phi) is 3.99. The van der Waals surface area contributed by atoms with Crippen molar-refractivity contribution in [2.45, 2.75) is 19.6 Å². The monoisotopic (exact) mass is 290 g/mol. The number of rotatable bonds is 4. The number of nitrogen functional groups attached to an aromatic ring is 1. The number of sulfonamides is 1. The van der Waals surface area contributed by atoms with E-state index in [1.165, 1.54) is 0 Å². The summed E-state index contributed by atoms with van der Waals surface area (Å²) in [6.07, 6.45) is 0. The third-order valence-corrected chi connectivity index (χ3v) is 4.30. The van der Waals surface area contributed by atoms with Crippen LogP contribution in [0, 0.1) is 13.8 Å². The fourth-order valence-electron chi connectivity index (χ4n) is 2.00. The number of nitrogens with one attached hydrogen (secondary N) is 1. The lowest BCUT2D eigenvalue weighted by molar-refractivity contribution is 0.600. The molecule has 5 heteroatoms. The van der Waals surface area contributed by atoms with E-state index >= 15 is 0 Å². The Morgan fingerprint density at radius 3 is 2.10 bits per heavy atom. The van der Waals surface area contributed by atoms with Gasteiger partial charge < -0.3 is 5.73 Å². The molecule has 0 saturated carbocycles. The van der Waals surface area contributed by atoms with Gasteiger partial charge in [0.2, 0.25) is 10.0 Å². The molecule has 0 fully saturated rings. The Morgan fingerprint density at radius 1 is 1.00 bits per heavy atom. The van der Waals surface area contributed by atoms with Crippen LogP contribution in [0.5, 0.6) is 0 Å². The predicted molar refractivity (Wildman–Crippen MR) is 83.0 cm³/mol. The number of para-hydroxylation sites is 1. The van der Waals surface area contributed by atoms with Gasteiger partial charge in [0.1, 0.15) is 0 Å². The number of anilines is 2. The van der Waals surface area contributed by atoms with E-state index in [4.69, 9.17) is 5.73 Å². The van der Waals surface area contributed by atoms with Crippen LogP contribution in [-0.4, -0.2) is 8.42 Å². The standard InChI is InChI=1S/C15H18N2O2S/c1-11-4-3-5-12(2)15(11)17-20(18,19)10-13-6-8-14(16)9-7-13/h3-9,17H,10,16H2,1-2H3. The minimum Gasteiger partial charge on any atom is -0.399 e. The lowest BCUT2D eigenvalue weighted by Gasteiger charge is -2.13. The first kappa shape index (κ1) is 14.4. The fraction of sp³-hybridized carbons (Fsp3) is 0.200. The summed E-state index contributed by atoms with van der Waals surface area (Å²) in [6, 6.07) is 12.5. The molecule has 0 atom stereocenters. The summed E-state index contributed by atoms with van der Waals surface area (Å²) in [7, 11) is -3.44. The Labute approximate surface area is 119 Å². The van der Waals surface area contributed by atoms with E-state index < -0.39 is 10.0 Å². The van der Waals surface area contributed by atoms with Crippen LogP contribution in [0.1, 0.15) is 16.7 Å². The highest BCUT2D eigenvalue weighted by molar-refractivity contribution is 7.91. The van der Waals surface area contributed by atoms with Crippen molar-refractivity contribution in [3.05, 3.63) is 59.2 Å². The van der Waals surface area contributed by atoms with Crippen LogP contribution in [0.25, 0.3) is 0 Å². The van der Waals surface area contributed by atoms with E-state index in [-0.39, 0.29) is 5.75 Å². The highest BCUT2D eigenvalue weighted by Gasteiger charge is 2.14. The number of benzene rings is 2. The summed E-state index contributed by atoms with van der Waals surface area (Å²) in [5.74, 6) is -0.0684. The van der Waals surface area contributed by atoms with E-state index in [1.807, 2.05) is 32.0 Å². The summed E-state index contributed by atoms with van der Waals surface area (Å²) >= 11 is 0. The molecule has 2 aromatic rings. The maximum Gasteiger partial charge on any atom is 0.236 e. The van der Waals surface area contributed by atoms with Crippen LogP contribution in [0.15, 0.2) is 42.5 Å². The molecule has 0 unspecified atom stereocenters. The SMILES string of the molecule is Cc1cccc(C)c1NS(=O)(=O)Cc1ccc(N)cc1. The molecule has 0 aromatic heterocycles. The van der Waals surface area contributed by atoms with Gasteiger partial charge in [0.05, 0.1) is 11.4 Å². The summed E-state index contributed by atoms with van der Waals surface area (Å²) in [4.78, 5) is 0. The second-order valence-electron chi connectivity index (χ2n) is 4.87. The number of nitrogens with two attached hydrogens (primary N) is 1. The second kappa shape index (κ2) is 5.54. The van der Waals surface area contributed by atoms with Gasteiger partial charge in [-0.25, -0.2) is 8.42 Å². The van der Waals surface area contributed by atoms with Crippen molar-refractivity contribution in [3.63, 3.8) is 0 Å². The van der Waals surface area contributed by atoms with Crippen LogP contribution in [0.4, 0.5) is 11.4 Å². The van der Waals surface area contributed by atoms with E-state index in [0.29, 0.717) is 16.9 Å². The van der Waals surface area contributed by atoms with E-state index in [2.05, 4.69) is 4.72 Å². The van der Waals surface area contributed by atoms with Gasteiger partial charge in [0, 0.05) is 5.69 Å². The predicted octanol–water partition coefficient (Wildman–Crippen LogP) is 2.83. The van der Waals surface area contributed by atoms with Gasteiger partial charge in [-0.3, -0.25) is 4.72 Å². The van der Waals surface area contributed by atoms with E-state index in [9.17, 15) is 8.42 Å². The first-order valence-electron chi connectivity index (χ1n) is 6.28. The van der Waals surface area contributed by atoms with Crippen molar-refractivity contribution < 1.29 is 8.42 Å². The molecular formula is C15H18N2O2S. The number of hydrogen-bond donors (Lipinski definition) is 2. The zero-order valence-corrected chi connectivity index (χ0v) is 12.4. The number of hydrogen-bond acceptors (Lipinski definition) is 3. The maximum absolute atomic E-state index is 12.2. The first-order valence-corrected chi connectivity index (χ1v) is 7.94. The lowest BCUT2D eigenvalue weighted by atomic mass is 10.1. The molecule has 20 heavy (non-hydrogen) atoms. The van der Waals surface area contributed by atoms with Crippen molar-refractivity contribution in [1.82, 2.24) is 0 Å². The average molecular weight is 290 g/mol. The highest BCUT2D eigenvalue weighted by Crippen LogP contribution is 2.22. The third-order valence-electron chi connectivity index (χ3n) is 3.08. The maximum atomic E-state index is 12.2. The van der Waals surface area contributed by atoms with Gasteiger partial charge in [-0.2, -0.15) is 0 Å². The van der Waals surface area contributed by atoms with Crippen molar-refractivity contribution in [1.29, 1.82) is 0 Å². The minimum atomic E-state index is -3.44. The normalized spacial score (nSPS) is 11.3. The molecule has 2 aromatic carbocycles. The quantitative estimate of drug-likeness (QED) is 0.850. The Balaban J connectivity index is 2.21. The van der Waals surface area contributed by atoms with Gasteiger partial charge in [0.25, 0.3) is 0 Å². The summed E-state index contributed by atoms with van der Waals surface area (Å²) in [6.45, 7) is 3.77. The van der Waals surface area contributed by atoms with Crippen LogP contribution in [0.3, 0.4) is 0 Å². The fourth-order valence-corrected chi connectivity index (χ4v) is 3.34. The van der Waals surface area contributed by atoms with Crippen molar-refractivity contribution in [2.75, 3.05) is 10.5 Å². The van der Waals surface area contributed by atoms with Gasteiger partial charge in [-0.1, -0.05) is 30.3 Å². The van der Waals surface area contributed by atoms with Crippen LogP contribution >= 0.6 is 0 Å². The average Bonchev–Trinajstić information content (AvgIpc) is 2.37. The van der Waals surface area contributed by atoms with Gasteiger partial charge in [0.15, 0.2) is 0 Å². The molecule has 3 N–H and O–H groups in total. The minimum absolute atomic E-state index is 0.0684. The third kappa shape index (κ3) is 3.51. The Bertz CT molecular complexity index is 687. The van der Waals surface area contributed by atoms with Gasteiger partial charge in [-0.05, 0) is 42.7 Å². The summed E-state index contributed by atoms with van der Waals surface area (Å²) in [5.41, 5.74) is 9.39. The molecule has 4 nitrogen and oxygen atoms in total. The molecule has 0 radical (unpaired) electrons. The van der Waals surface area contributed by atoms with E-state index in [0.717, 1.165) is 11.1 Å². The molecule has 106 valence electrons. The zero-order valence-electron chi connectivity index (χ0n) is 11.6. The van der Waals surface area contributed by atoms with Crippen LogP contribution in [0.2, 0.25) is 0 Å². The van der Waals surface area contributed by atoms with Crippen LogP contribution in [-0.2, 0) is 15.8 Å². The zero-order chi connectivity index (χ0) is 14.8. The summed E-state index contributed by atoms with van der Waals surface area (Å²) in [5, 5.41) is 0. The first-order chi connectivity index (χ1) is 9.37. The van der Waals surface area contributed by atoms with Gasteiger partial charge >= 0.3 is 0 Å². The topological polar surface area (TPSA) is 72.2 Å². The molecule has 0 amide bonds. The lowest BCUT2D eigenvalue weighted by Crippen LogP contribution is -2.16. The molecule has 0 heterocycles. The van der Waals surface area contributed by atoms with Crippen molar-refractivity contribution in [2.24, 2.45) is 0 Å². The summed E-state index contributed by atoms with van der Waals surface area (Å²) < 4.78 is 27.1. The van der Waals surface area contributed by atoms with Crippen molar-refractivity contribution >= 4 is 21.4 Å². The van der Waals surface area contributed by atoms with Gasteiger partial charge in [-0.15, -0.1) is 0 Å². The Morgan fingerprint density at radius 2 is 1.55 bits per heavy atom. The molecule has 0 aliphatic carbocycles. The van der Waals surface area contributed by atoms with Crippen molar-refractivity contribution in [3.8, 4) is 0 Å². The molecule has 0 aliphatic heterocycles. The van der Waals surface area contributed by atoms with E-state index in [1.54, 1.807) is 24.3 Å². The highest BCUT2D eigenvalue weighted by atomic mass is 32.2. The molecule has 2 rings (SSSR count). The van der Waals surface area contributed by atoms with Crippen LogP contribution < -0.4 is 10.5 Å². The smallest absolute Gasteiger partial charge is 0.236 e. The molecule has 0 spiro atoms. The molecule has 0 bridgehead atoms. The molecule has 0 aliphatic rings. The molecular weight excluding hydrogens is 272 g/mol.